The second-order valence-corrected chi connectivity index (χ2v) is 8.74. The molecule has 6 nitrogen and oxygen atoms in total. The number of carbonyl (C=O) groups excluding carboxylic acids is 1. The topological polar surface area (TPSA) is 71.8 Å². The highest BCUT2D eigenvalue weighted by Gasteiger charge is 2.13. The number of anilines is 1. The first kappa shape index (κ1) is 23.5. The Kier molecular flexibility index (Phi) is 7.93. The van der Waals surface area contributed by atoms with Gasteiger partial charge in [0.15, 0.2) is 11.0 Å². The lowest BCUT2D eigenvalue weighted by Crippen LogP contribution is -2.23. The molecule has 1 amide bonds. The molecule has 0 spiro atoms. The van der Waals surface area contributed by atoms with E-state index in [0.717, 1.165) is 27.6 Å². The van der Waals surface area contributed by atoms with Crippen LogP contribution in [-0.4, -0.2) is 26.4 Å². The molecule has 2 N–H and O–H groups in total. The fourth-order valence-corrected chi connectivity index (χ4v) is 4.45. The lowest BCUT2D eigenvalue weighted by atomic mass is 10.1. The predicted molar refractivity (Wildman–Crippen MR) is 135 cm³/mol. The number of amides is 1. The summed E-state index contributed by atoms with van der Waals surface area (Å²) in [5, 5.41) is 18.1. The standard InChI is InChI=1S/C26H26FN5OS/c1-2-15-32-24(18-28-23-9-5-7-20-6-3-4-8-22(20)23)30-31-26(32)34-16-14-25(33)29-17-19-10-12-21(27)13-11-19/h2-13,28H,1,14-18H2,(H,29,33). The summed E-state index contributed by atoms with van der Waals surface area (Å²) in [6.45, 7) is 5.33. The molecule has 0 aliphatic rings. The monoisotopic (exact) mass is 475 g/mol. The van der Waals surface area contributed by atoms with Crippen LogP contribution < -0.4 is 10.6 Å². The van der Waals surface area contributed by atoms with Crippen molar-refractivity contribution in [3.05, 3.63) is 96.6 Å². The molecule has 0 saturated heterocycles. The summed E-state index contributed by atoms with van der Waals surface area (Å²) < 4.78 is 15.0. The summed E-state index contributed by atoms with van der Waals surface area (Å²) in [6, 6.07) is 20.5. The van der Waals surface area contributed by atoms with Crippen LogP contribution in [-0.2, 0) is 24.4 Å². The average molecular weight is 476 g/mol. The fourth-order valence-electron chi connectivity index (χ4n) is 3.55. The quantitative estimate of drug-likeness (QED) is 0.231. The molecule has 0 fully saturated rings. The van der Waals surface area contributed by atoms with Gasteiger partial charge in [-0.3, -0.25) is 4.79 Å². The van der Waals surface area contributed by atoms with Gasteiger partial charge in [0.2, 0.25) is 5.91 Å². The minimum absolute atomic E-state index is 0.0653. The maximum Gasteiger partial charge on any atom is 0.221 e. The van der Waals surface area contributed by atoms with Crippen LogP contribution in [0.15, 0.2) is 84.5 Å². The summed E-state index contributed by atoms with van der Waals surface area (Å²) in [6.07, 6.45) is 2.15. The van der Waals surface area contributed by atoms with Gasteiger partial charge < -0.3 is 15.2 Å². The Bertz CT molecular complexity index is 1270. The Labute approximate surface area is 202 Å². The number of rotatable bonds is 11. The first-order valence-electron chi connectivity index (χ1n) is 11.0. The molecule has 3 aromatic carbocycles. The van der Waals surface area contributed by atoms with Crippen LogP contribution in [0.4, 0.5) is 10.1 Å². The van der Waals surface area contributed by atoms with Crippen LogP contribution in [0.3, 0.4) is 0 Å². The Balaban J connectivity index is 1.32. The van der Waals surface area contributed by atoms with E-state index in [9.17, 15) is 9.18 Å². The molecule has 0 atom stereocenters. The maximum atomic E-state index is 13.0. The third kappa shape index (κ3) is 6.02. The first-order chi connectivity index (χ1) is 16.6. The van der Waals surface area contributed by atoms with Crippen LogP contribution in [0.2, 0.25) is 0 Å². The largest absolute Gasteiger partial charge is 0.377 e. The molecule has 34 heavy (non-hydrogen) atoms. The number of nitrogens with zero attached hydrogens (tertiary/aromatic N) is 3. The number of hydrogen-bond donors (Lipinski definition) is 2. The number of carbonyl (C=O) groups is 1. The zero-order chi connectivity index (χ0) is 23.8. The van der Waals surface area contributed by atoms with Crippen LogP contribution in [0.1, 0.15) is 17.8 Å². The van der Waals surface area contributed by atoms with Crippen molar-refractivity contribution < 1.29 is 9.18 Å². The summed E-state index contributed by atoms with van der Waals surface area (Å²) in [5.74, 6) is 1.02. The number of hydrogen-bond acceptors (Lipinski definition) is 5. The van der Waals surface area contributed by atoms with Crippen LogP contribution in [0.5, 0.6) is 0 Å². The molecule has 174 valence electrons. The summed E-state index contributed by atoms with van der Waals surface area (Å²) >= 11 is 1.49. The fraction of sp³-hybridized carbons (Fsp3) is 0.192. The zero-order valence-corrected chi connectivity index (χ0v) is 19.5. The molecule has 0 aliphatic carbocycles. The Morgan fingerprint density at radius 1 is 1.03 bits per heavy atom. The van der Waals surface area contributed by atoms with E-state index in [-0.39, 0.29) is 11.7 Å². The van der Waals surface area contributed by atoms with Gasteiger partial charge in [-0.1, -0.05) is 66.4 Å². The molecule has 4 aromatic rings. The number of fused-ring (bicyclic) bond motifs is 1. The van der Waals surface area contributed by atoms with E-state index in [2.05, 4.69) is 51.7 Å². The molecule has 0 aliphatic heterocycles. The third-order valence-electron chi connectivity index (χ3n) is 5.29. The first-order valence-corrected chi connectivity index (χ1v) is 12.0. The third-order valence-corrected chi connectivity index (χ3v) is 6.26. The van der Waals surface area contributed by atoms with Gasteiger partial charge in [0, 0.05) is 36.3 Å². The second kappa shape index (κ2) is 11.5. The van der Waals surface area contributed by atoms with Gasteiger partial charge in [0.25, 0.3) is 0 Å². The normalized spacial score (nSPS) is 10.9. The molecule has 0 radical (unpaired) electrons. The van der Waals surface area contributed by atoms with Crippen LogP contribution in [0.25, 0.3) is 10.8 Å². The van der Waals surface area contributed by atoms with E-state index in [1.807, 2.05) is 28.8 Å². The molecule has 1 heterocycles. The number of aromatic nitrogens is 3. The molecule has 0 bridgehead atoms. The van der Waals surface area contributed by atoms with E-state index in [1.165, 1.54) is 29.3 Å². The van der Waals surface area contributed by atoms with E-state index in [0.29, 0.717) is 31.8 Å². The summed E-state index contributed by atoms with van der Waals surface area (Å²) in [4.78, 5) is 12.2. The van der Waals surface area contributed by atoms with Crippen molar-refractivity contribution in [1.29, 1.82) is 0 Å². The van der Waals surface area contributed by atoms with Crippen molar-refractivity contribution >= 4 is 34.1 Å². The van der Waals surface area contributed by atoms with Crippen molar-refractivity contribution in [2.75, 3.05) is 11.1 Å². The highest BCUT2D eigenvalue weighted by Crippen LogP contribution is 2.24. The Hall–Kier alpha value is -3.65. The molecule has 4 rings (SSSR count). The summed E-state index contributed by atoms with van der Waals surface area (Å²) in [5.41, 5.74) is 1.90. The van der Waals surface area contributed by atoms with Gasteiger partial charge in [0.05, 0.1) is 6.54 Å². The van der Waals surface area contributed by atoms with Gasteiger partial charge in [0.1, 0.15) is 5.82 Å². The molecule has 0 saturated carbocycles. The molecular weight excluding hydrogens is 449 g/mol. The number of nitrogens with one attached hydrogen (secondary N) is 2. The SMILES string of the molecule is C=CCn1c(CNc2cccc3ccccc23)nnc1SCCC(=O)NCc1ccc(F)cc1. The Morgan fingerprint density at radius 2 is 1.82 bits per heavy atom. The second-order valence-electron chi connectivity index (χ2n) is 7.68. The lowest BCUT2D eigenvalue weighted by Gasteiger charge is -2.11. The van der Waals surface area contributed by atoms with Gasteiger partial charge in [-0.15, -0.1) is 16.8 Å². The maximum absolute atomic E-state index is 13.0. The van der Waals surface area contributed by atoms with E-state index in [1.54, 1.807) is 12.1 Å². The van der Waals surface area contributed by atoms with E-state index >= 15 is 0 Å². The highest BCUT2D eigenvalue weighted by molar-refractivity contribution is 7.99. The number of allylic oxidation sites excluding steroid dienone is 1. The van der Waals surface area contributed by atoms with Crippen molar-refractivity contribution in [3.8, 4) is 0 Å². The van der Waals surface area contributed by atoms with Gasteiger partial charge in [-0.05, 0) is 29.1 Å². The average Bonchev–Trinajstić information content (AvgIpc) is 3.24. The highest BCUT2D eigenvalue weighted by atomic mass is 32.2. The molecule has 1 aromatic heterocycles. The number of benzene rings is 3. The van der Waals surface area contributed by atoms with Gasteiger partial charge in [-0.25, -0.2) is 4.39 Å². The van der Waals surface area contributed by atoms with Gasteiger partial charge in [-0.2, -0.15) is 0 Å². The van der Waals surface area contributed by atoms with E-state index in [4.69, 9.17) is 0 Å². The smallest absolute Gasteiger partial charge is 0.221 e. The minimum Gasteiger partial charge on any atom is -0.377 e. The lowest BCUT2D eigenvalue weighted by molar-refractivity contribution is -0.120. The summed E-state index contributed by atoms with van der Waals surface area (Å²) in [7, 11) is 0. The number of thioether (sulfide) groups is 1. The van der Waals surface area contributed by atoms with E-state index < -0.39 is 0 Å². The molecule has 8 heteroatoms. The predicted octanol–water partition coefficient (Wildman–Crippen LogP) is 5.17. The molecule has 0 unspecified atom stereocenters. The van der Waals surface area contributed by atoms with Crippen LogP contribution in [0, 0.1) is 5.82 Å². The van der Waals surface area contributed by atoms with Crippen LogP contribution >= 0.6 is 11.8 Å². The number of halogens is 1. The van der Waals surface area contributed by atoms with Crippen molar-refractivity contribution in [1.82, 2.24) is 20.1 Å². The van der Waals surface area contributed by atoms with Crippen molar-refractivity contribution in [3.63, 3.8) is 0 Å². The minimum atomic E-state index is -0.290. The molecular formula is C26H26FN5OS. The van der Waals surface area contributed by atoms with Crippen molar-refractivity contribution in [2.24, 2.45) is 0 Å². The van der Waals surface area contributed by atoms with Gasteiger partial charge >= 0.3 is 0 Å². The zero-order valence-electron chi connectivity index (χ0n) is 18.7. The van der Waals surface area contributed by atoms with Crippen molar-refractivity contribution in [2.45, 2.75) is 31.2 Å². The Morgan fingerprint density at radius 3 is 2.65 bits per heavy atom.